The number of hydrogen-bond acceptors (Lipinski definition) is 4. The van der Waals surface area contributed by atoms with Gasteiger partial charge in [0, 0.05) is 0 Å². The van der Waals surface area contributed by atoms with E-state index in [1.54, 1.807) is 0 Å². The summed E-state index contributed by atoms with van der Waals surface area (Å²) in [5.41, 5.74) is 1.30. The van der Waals surface area contributed by atoms with Crippen LogP contribution in [0.25, 0.3) is 0 Å². The van der Waals surface area contributed by atoms with E-state index in [0.29, 0.717) is 0 Å². The first kappa shape index (κ1) is 4.84. The van der Waals surface area contributed by atoms with Gasteiger partial charge in [0.05, 0.1) is 7.11 Å². The topological polar surface area (TPSA) is 50.7 Å². The molecule has 0 spiro atoms. The highest BCUT2D eigenvalue weighted by Crippen LogP contribution is 1.52. The molecule has 0 aliphatic heterocycles. The summed E-state index contributed by atoms with van der Waals surface area (Å²) in [4.78, 5) is 7.47. The Morgan fingerprint density at radius 3 is 2.40 bits per heavy atom. The molecule has 32 valence electrons. The van der Waals surface area contributed by atoms with Crippen LogP contribution in [0.2, 0.25) is 0 Å². The van der Waals surface area contributed by atoms with Gasteiger partial charge in [-0.1, -0.05) is 0 Å². The Morgan fingerprint density at radius 1 is 1.80 bits per heavy atom. The Labute approximate surface area is 29.1 Å². The summed E-state index contributed by atoms with van der Waals surface area (Å²) in [7, 11) is 1.27. The van der Waals surface area contributed by atoms with Gasteiger partial charge < -0.3 is 0 Å². The molecule has 0 heterocycles. The second-order valence-corrected chi connectivity index (χ2v) is 0.341. The predicted molar refractivity (Wildman–Crippen MR) is 13.0 cm³/mol. The third kappa shape index (κ3) is 3.84. The van der Waals surface area contributed by atoms with Crippen LogP contribution in [0.15, 0.2) is 0 Å². The molecule has 0 aromatic heterocycles. The molecule has 0 fully saturated rings. The van der Waals surface area contributed by atoms with Crippen LogP contribution in [0.5, 0.6) is 0 Å². The zero-order valence-electron chi connectivity index (χ0n) is 2.76. The predicted octanol–water partition coefficient (Wildman–Crippen LogP) is -0.542. The second kappa shape index (κ2) is 3.84. The molecule has 0 aromatic carbocycles. The van der Waals surface area contributed by atoms with Crippen molar-refractivity contribution in [2.45, 2.75) is 0 Å². The van der Waals surface area contributed by atoms with Crippen LogP contribution in [0.4, 0.5) is 0 Å². The van der Waals surface area contributed by atoms with E-state index in [-0.39, 0.29) is 0 Å². The molecule has 0 saturated carbocycles. The Kier molecular flexibility index (Phi) is 3.72. The molecule has 0 bridgehead atoms. The van der Waals surface area contributed by atoms with Gasteiger partial charge in [0.2, 0.25) is 0 Å². The second-order valence-electron chi connectivity index (χ2n) is 0.341. The lowest BCUT2D eigenvalue weighted by atomic mass is 11.8. The van der Waals surface area contributed by atoms with Crippen molar-refractivity contribution in [3.8, 4) is 0 Å². The quantitative estimate of drug-likeness (QED) is 0.344. The van der Waals surface area contributed by atoms with Gasteiger partial charge in [0.25, 0.3) is 0 Å². The minimum Gasteiger partial charge on any atom is -0.290 e. The molecule has 4 heteroatoms. The van der Waals surface area contributed by atoms with Crippen molar-refractivity contribution in [1.29, 1.82) is 0 Å². The number of hydrogen-bond donors (Lipinski definition) is 2. The minimum absolute atomic E-state index is 1.27. The molecule has 0 unspecified atom stereocenters. The van der Waals surface area contributed by atoms with Crippen LogP contribution in [-0.2, 0) is 9.88 Å². The van der Waals surface area contributed by atoms with Gasteiger partial charge in [-0.2, -0.15) is 0 Å². The molecule has 0 aliphatic carbocycles. The highest BCUT2D eigenvalue weighted by atomic mass is 17.3. The molecule has 5 heavy (non-hydrogen) atoms. The van der Waals surface area contributed by atoms with E-state index in [9.17, 15) is 0 Å². The van der Waals surface area contributed by atoms with Gasteiger partial charge >= 0.3 is 0 Å². The van der Waals surface area contributed by atoms with E-state index in [1.165, 1.54) is 12.8 Å². The van der Waals surface area contributed by atoms with E-state index >= 15 is 0 Å². The standard InChI is InChI=1S/CH5NO3/c1-4-5-2-3/h2-3H,1H3. The van der Waals surface area contributed by atoms with E-state index in [1.807, 2.05) is 0 Å². The summed E-state index contributed by atoms with van der Waals surface area (Å²) in [5, 5.41) is 7.47. The molecular formula is CH5NO3. The fourth-order valence-electron chi connectivity index (χ4n) is 0.0373. The van der Waals surface area contributed by atoms with E-state index in [0.717, 1.165) is 0 Å². The minimum atomic E-state index is 1.27. The van der Waals surface area contributed by atoms with Crippen molar-refractivity contribution >= 4 is 0 Å². The molecule has 0 aliphatic rings. The maximum absolute atomic E-state index is 7.47. The van der Waals surface area contributed by atoms with Crippen molar-refractivity contribution in [3.63, 3.8) is 0 Å². The zero-order valence-corrected chi connectivity index (χ0v) is 2.76. The van der Waals surface area contributed by atoms with Crippen LogP contribution in [-0.4, -0.2) is 12.3 Å². The third-order valence-electron chi connectivity index (χ3n) is 0.121. The smallest absolute Gasteiger partial charge is 0.0733 e. The summed E-state index contributed by atoms with van der Waals surface area (Å²) in [6.45, 7) is 0. The van der Waals surface area contributed by atoms with Gasteiger partial charge in [0.15, 0.2) is 0 Å². The van der Waals surface area contributed by atoms with Gasteiger partial charge in [0.1, 0.15) is 0 Å². The molecule has 0 saturated heterocycles. The molecule has 4 nitrogen and oxygen atoms in total. The van der Waals surface area contributed by atoms with Crippen LogP contribution >= 0.6 is 0 Å². The monoisotopic (exact) mass is 79.0 g/mol. The number of rotatable bonds is 2. The van der Waals surface area contributed by atoms with E-state index in [2.05, 4.69) is 9.88 Å². The van der Waals surface area contributed by atoms with Crippen LogP contribution in [0.1, 0.15) is 0 Å². The first-order valence-corrected chi connectivity index (χ1v) is 1.00. The maximum Gasteiger partial charge on any atom is 0.0733 e. The lowest BCUT2D eigenvalue weighted by Crippen LogP contribution is -2.05. The SMILES string of the molecule is COONO. The Morgan fingerprint density at radius 2 is 2.40 bits per heavy atom. The van der Waals surface area contributed by atoms with Gasteiger partial charge in [-0.3, -0.25) is 5.21 Å². The molecule has 0 aromatic rings. The average Bonchev–Trinajstić information content (AvgIpc) is 1.41. The summed E-state index contributed by atoms with van der Waals surface area (Å²) < 4.78 is 0. The molecule has 0 atom stereocenters. The summed E-state index contributed by atoms with van der Waals surface area (Å²) in [5.74, 6) is 0. The van der Waals surface area contributed by atoms with Gasteiger partial charge in [-0.05, 0) is 5.64 Å². The van der Waals surface area contributed by atoms with E-state index < -0.39 is 0 Å². The summed E-state index contributed by atoms with van der Waals surface area (Å²) >= 11 is 0. The first-order chi connectivity index (χ1) is 2.41. The van der Waals surface area contributed by atoms with Gasteiger partial charge in [-0.25, -0.2) is 4.89 Å². The van der Waals surface area contributed by atoms with Crippen molar-refractivity contribution in [1.82, 2.24) is 5.64 Å². The van der Waals surface area contributed by atoms with Crippen LogP contribution < -0.4 is 5.64 Å². The average molecular weight is 79.1 g/mol. The maximum atomic E-state index is 7.47. The highest BCUT2D eigenvalue weighted by Gasteiger charge is 1.61. The molecular weight excluding hydrogens is 74.0 g/mol. The number of nitrogens with one attached hydrogen (secondary N) is 1. The van der Waals surface area contributed by atoms with Crippen LogP contribution in [0.3, 0.4) is 0 Å². The first-order valence-electron chi connectivity index (χ1n) is 1.00. The molecule has 2 N–H and O–H groups in total. The van der Waals surface area contributed by atoms with Crippen molar-refractivity contribution in [3.05, 3.63) is 0 Å². The molecule has 0 radical (unpaired) electrons. The fourth-order valence-corrected chi connectivity index (χ4v) is 0.0373. The largest absolute Gasteiger partial charge is 0.290 e. The zero-order chi connectivity index (χ0) is 4.12. The normalized spacial score (nSPS) is 8.40. The van der Waals surface area contributed by atoms with Crippen molar-refractivity contribution in [2.75, 3.05) is 7.11 Å². The summed E-state index contributed by atoms with van der Waals surface area (Å²) in [6.07, 6.45) is 0. The molecule has 0 amide bonds. The van der Waals surface area contributed by atoms with E-state index in [4.69, 9.17) is 5.21 Å². The summed E-state index contributed by atoms with van der Waals surface area (Å²) in [6, 6.07) is 0. The molecule has 0 rings (SSSR count). The lowest BCUT2D eigenvalue weighted by Gasteiger charge is -1.86. The highest BCUT2D eigenvalue weighted by molar-refractivity contribution is 3.43. The van der Waals surface area contributed by atoms with Crippen molar-refractivity contribution < 1.29 is 15.1 Å². The fraction of sp³-hybridized carbons (Fsp3) is 1.00. The van der Waals surface area contributed by atoms with Crippen LogP contribution in [0, 0.1) is 0 Å². The third-order valence-corrected chi connectivity index (χ3v) is 0.121. The van der Waals surface area contributed by atoms with Gasteiger partial charge in [-0.15, -0.1) is 4.99 Å². The Hall–Kier alpha value is -0.160. The van der Waals surface area contributed by atoms with Crippen molar-refractivity contribution in [2.24, 2.45) is 0 Å². The Bertz CT molecular complexity index is 14.4. The Balaban J connectivity index is 2.19. The lowest BCUT2D eigenvalue weighted by molar-refractivity contribution is -0.375.